The summed E-state index contributed by atoms with van der Waals surface area (Å²) in [7, 11) is 0. The van der Waals surface area contributed by atoms with Gasteiger partial charge in [-0.2, -0.15) is 0 Å². The summed E-state index contributed by atoms with van der Waals surface area (Å²) >= 11 is 3.55. The van der Waals surface area contributed by atoms with Crippen LogP contribution in [0.4, 0.5) is 0 Å². The van der Waals surface area contributed by atoms with Crippen molar-refractivity contribution < 1.29 is 4.79 Å². The maximum Gasteiger partial charge on any atom is 0.225 e. The molecule has 2 nitrogen and oxygen atoms in total. The summed E-state index contributed by atoms with van der Waals surface area (Å²) in [6, 6.07) is 0. The number of alkyl halides is 1. The molecule has 0 radical (unpaired) electrons. The highest BCUT2D eigenvalue weighted by Crippen LogP contribution is 2.27. The van der Waals surface area contributed by atoms with Crippen LogP contribution in [0.3, 0.4) is 0 Å². The molecule has 1 aliphatic heterocycles. The van der Waals surface area contributed by atoms with Gasteiger partial charge in [0, 0.05) is 24.3 Å². The third-order valence-corrected chi connectivity index (χ3v) is 4.92. The molecule has 2 fully saturated rings. The standard InChI is InChI=1S/C13H22BrNO/c14-9-11-5-4-8-15(10-11)13(16)12-6-2-1-3-7-12/h11-12H,1-10H2. The van der Waals surface area contributed by atoms with Crippen molar-refractivity contribution in [3.63, 3.8) is 0 Å². The molecule has 1 atom stereocenters. The van der Waals surface area contributed by atoms with Crippen LogP contribution in [0.2, 0.25) is 0 Å². The van der Waals surface area contributed by atoms with Crippen molar-refractivity contribution in [2.24, 2.45) is 11.8 Å². The molecule has 0 N–H and O–H groups in total. The number of hydrogen-bond donors (Lipinski definition) is 0. The van der Waals surface area contributed by atoms with Crippen molar-refractivity contribution in [1.82, 2.24) is 4.90 Å². The van der Waals surface area contributed by atoms with Crippen molar-refractivity contribution in [2.45, 2.75) is 44.9 Å². The fourth-order valence-corrected chi connectivity index (χ4v) is 3.53. The van der Waals surface area contributed by atoms with Crippen LogP contribution < -0.4 is 0 Å². The molecular formula is C13H22BrNO. The monoisotopic (exact) mass is 287 g/mol. The second-order valence-corrected chi connectivity index (χ2v) is 5.93. The zero-order valence-corrected chi connectivity index (χ0v) is 11.5. The average molecular weight is 288 g/mol. The molecule has 16 heavy (non-hydrogen) atoms. The van der Waals surface area contributed by atoms with E-state index in [1.165, 1.54) is 32.1 Å². The van der Waals surface area contributed by atoms with Crippen molar-refractivity contribution >= 4 is 21.8 Å². The summed E-state index contributed by atoms with van der Waals surface area (Å²) in [5.74, 6) is 1.48. The second kappa shape index (κ2) is 6.04. The summed E-state index contributed by atoms with van der Waals surface area (Å²) in [6.45, 7) is 1.99. The Morgan fingerprint density at radius 3 is 2.56 bits per heavy atom. The van der Waals surface area contributed by atoms with Gasteiger partial charge < -0.3 is 4.90 Å². The van der Waals surface area contributed by atoms with E-state index >= 15 is 0 Å². The van der Waals surface area contributed by atoms with Crippen molar-refractivity contribution in [3.05, 3.63) is 0 Å². The van der Waals surface area contributed by atoms with Crippen LogP contribution in [-0.4, -0.2) is 29.2 Å². The van der Waals surface area contributed by atoms with Gasteiger partial charge in [-0.15, -0.1) is 0 Å². The zero-order valence-electron chi connectivity index (χ0n) is 9.96. The number of hydrogen-bond acceptors (Lipinski definition) is 1. The minimum atomic E-state index is 0.350. The second-order valence-electron chi connectivity index (χ2n) is 5.28. The van der Waals surface area contributed by atoms with Gasteiger partial charge in [0.2, 0.25) is 5.91 Å². The third-order valence-electron chi connectivity index (χ3n) is 4.00. The molecule has 92 valence electrons. The van der Waals surface area contributed by atoms with E-state index in [0.29, 0.717) is 17.7 Å². The van der Waals surface area contributed by atoms with Gasteiger partial charge in [0.05, 0.1) is 0 Å². The highest BCUT2D eigenvalue weighted by atomic mass is 79.9. The highest BCUT2D eigenvalue weighted by molar-refractivity contribution is 9.09. The van der Waals surface area contributed by atoms with Crippen molar-refractivity contribution in [2.75, 3.05) is 18.4 Å². The SMILES string of the molecule is O=C(C1CCCCC1)N1CCCC(CBr)C1. The summed E-state index contributed by atoms with van der Waals surface area (Å²) < 4.78 is 0. The number of piperidine rings is 1. The molecule has 1 heterocycles. The summed E-state index contributed by atoms with van der Waals surface area (Å²) in [5.41, 5.74) is 0. The number of nitrogens with zero attached hydrogens (tertiary/aromatic N) is 1. The number of carbonyl (C=O) groups is 1. The Kier molecular flexibility index (Phi) is 4.68. The predicted octanol–water partition coefficient (Wildman–Crippen LogP) is 3.20. The van der Waals surface area contributed by atoms with Gasteiger partial charge in [-0.1, -0.05) is 35.2 Å². The van der Waals surface area contributed by atoms with E-state index in [-0.39, 0.29) is 0 Å². The lowest BCUT2D eigenvalue weighted by molar-refractivity contribution is -0.138. The van der Waals surface area contributed by atoms with E-state index in [1.807, 2.05) is 0 Å². The van der Waals surface area contributed by atoms with E-state index in [1.54, 1.807) is 0 Å². The topological polar surface area (TPSA) is 20.3 Å². The maximum absolute atomic E-state index is 12.3. The molecule has 0 aromatic heterocycles. The van der Waals surface area contributed by atoms with Crippen LogP contribution in [0.5, 0.6) is 0 Å². The van der Waals surface area contributed by atoms with Gasteiger partial charge in [-0.25, -0.2) is 0 Å². The Balaban J connectivity index is 1.87. The molecule has 0 aromatic rings. The predicted molar refractivity (Wildman–Crippen MR) is 69.7 cm³/mol. The molecule has 1 unspecified atom stereocenters. The summed E-state index contributed by atoms with van der Waals surface area (Å²) in [4.78, 5) is 14.5. The zero-order chi connectivity index (χ0) is 11.4. The lowest BCUT2D eigenvalue weighted by atomic mass is 9.87. The van der Waals surface area contributed by atoms with Gasteiger partial charge in [-0.3, -0.25) is 4.79 Å². The first-order chi connectivity index (χ1) is 7.81. The van der Waals surface area contributed by atoms with E-state index < -0.39 is 0 Å². The van der Waals surface area contributed by atoms with Crippen molar-refractivity contribution in [1.29, 1.82) is 0 Å². The molecule has 1 saturated heterocycles. The highest BCUT2D eigenvalue weighted by Gasteiger charge is 2.29. The van der Waals surface area contributed by atoms with Crippen LogP contribution in [-0.2, 0) is 4.79 Å². The lowest BCUT2D eigenvalue weighted by Gasteiger charge is -2.35. The van der Waals surface area contributed by atoms with Crippen LogP contribution >= 0.6 is 15.9 Å². The van der Waals surface area contributed by atoms with E-state index in [9.17, 15) is 4.79 Å². The first-order valence-corrected chi connectivity index (χ1v) is 7.78. The Morgan fingerprint density at radius 1 is 1.12 bits per heavy atom. The van der Waals surface area contributed by atoms with E-state index in [2.05, 4.69) is 20.8 Å². The quantitative estimate of drug-likeness (QED) is 0.715. The molecule has 1 saturated carbocycles. The number of carbonyl (C=O) groups excluding carboxylic acids is 1. The van der Waals surface area contributed by atoms with Gasteiger partial charge in [0.15, 0.2) is 0 Å². The number of rotatable bonds is 2. The molecule has 1 aliphatic carbocycles. The smallest absolute Gasteiger partial charge is 0.225 e. The Bertz CT molecular complexity index is 238. The summed E-state index contributed by atoms with van der Waals surface area (Å²) in [6.07, 6.45) is 8.57. The largest absolute Gasteiger partial charge is 0.342 e. The molecule has 2 rings (SSSR count). The van der Waals surface area contributed by atoms with E-state index in [0.717, 1.165) is 31.3 Å². The Morgan fingerprint density at radius 2 is 1.88 bits per heavy atom. The summed E-state index contributed by atoms with van der Waals surface area (Å²) in [5, 5.41) is 1.04. The molecule has 2 aliphatic rings. The Hall–Kier alpha value is -0.0500. The minimum absolute atomic E-state index is 0.350. The molecule has 0 spiro atoms. The third kappa shape index (κ3) is 2.99. The number of halogens is 1. The fraction of sp³-hybridized carbons (Fsp3) is 0.923. The average Bonchev–Trinajstić information content (AvgIpc) is 2.39. The fourth-order valence-electron chi connectivity index (χ4n) is 3.00. The molecular weight excluding hydrogens is 266 g/mol. The number of likely N-dealkylation sites (tertiary alicyclic amines) is 1. The van der Waals surface area contributed by atoms with Gasteiger partial charge in [-0.05, 0) is 31.6 Å². The first-order valence-electron chi connectivity index (χ1n) is 6.66. The van der Waals surface area contributed by atoms with Gasteiger partial charge >= 0.3 is 0 Å². The molecule has 0 bridgehead atoms. The van der Waals surface area contributed by atoms with Crippen LogP contribution in [0.15, 0.2) is 0 Å². The van der Waals surface area contributed by atoms with Gasteiger partial charge in [0.1, 0.15) is 0 Å². The molecule has 1 amide bonds. The van der Waals surface area contributed by atoms with Gasteiger partial charge in [0.25, 0.3) is 0 Å². The van der Waals surface area contributed by atoms with E-state index in [4.69, 9.17) is 0 Å². The molecule has 0 aromatic carbocycles. The van der Waals surface area contributed by atoms with Crippen molar-refractivity contribution in [3.8, 4) is 0 Å². The van der Waals surface area contributed by atoms with Crippen LogP contribution in [0.25, 0.3) is 0 Å². The van der Waals surface area contributed by atoms with Crippen LogP contribution in [0, 0.1) is 11.8 Å². The minimum Gasteiger partial charge on any atom is -0.342 e. The lowest BCUT2D eigenvalue weighted by Crippen LogP contribution is -2.43. The maximum atomic E-state index is 12.3. The number of amides is 1. The first kappa shape index (κ1) is 12.4. The Labute approximate surface area is 107 Å². The normalized spacial score (nSPS) is 28.1. The van der Waals surface area contributed by atoms with Crippen LogP contribution in [0.1, 0.15) is 44.9 Å². The molecule has 3 heteroatoms.